The number of ether oxygens (including phenoxy) is 1. The molecule has 0 unspecified atom stereocenters. The van der Waals surface area contributed by atoms with Gasteiger partial charge < -0.3 is 4.74 Å². The number of hydrazone groups is 1. The Kier molecular flexibility index (Phi) is 7.71. The van der Waals surface area contributed by atoms with Gasteiger partial charge in [0.05, 0.1) is 23.3 Å². The molecule has 0 aliphatic carbocycles. The number of nitrogens with zero attached hydrogens (tertiary/aromatic N) is 1. The lowest BCUT2D eigenvalue weighted by Gasteiger charge is -2.12. The summed E-state index contributed by atoms with van der Waals surface area (Å²) >= 11 is 0. The number of esters is 1. The molecule has 168 valence electrons. The van der Waals surface area contributed by atoms with Crippen LogP contribution >= 0.6 is 0 Å². The monoisotopic (exact) mass is 464 g/mol. The Hall–Kier alpha value is -3.02. The van der Waals surface area contributed by atoms with E-state index in [4.69, 9.17) is 0 Å². The highest BCUT2D eigenvalue weighted by Crippen LogP contribution is 2.25. The number of hydrogen-bond donors (Lipinski definition) is 1. The molecule has 0 amide bonds. The summed E-state index contributed by atoms with van der Waals surface area (Å²) in [5.41, 5.74) is -1.42. The zero-order valence-corrected chi connectivity index (χ0v) is 17.1. The molecule has 6 nitrogen and oxygen atoms in total. The number of carbonyl (C=O) groups is 1. The van der Waals surface area contributed by atoms with Crippen LogP contribution in [-0.2, 0) is 19.6 Å². The standard InChI is InChI=1S/C19H17F5N2O4S/c1-10-6-8-11(9-7-10)31(28,29)26-25-12(4-3-5-13(27)30-2)14-15(20)17(22)19(24)18(23)16(14)21/h6-9,26H,3-5H2,1-2H3/b25-12-. The molecule has 31 heavy (non-hydrogen) atoms. The highest BCUT2D eigenvalue weighted by atomic mass is 32.2. The lowest BCUT2D eigenvalue weighted by atomic mass is 10.0. The Morgan fingerprint density at radius 3 is 1.97 bits per heavy atom. The van der Waals surface area contributed by atoms with E-state index in [1.54, 1.807) is 11.8 Å². The number of sulfonamides is 1. The van der Waals surface area contributed by atoms with Gasteiger partial charge in [-0.2, -0.15) is 18.4 Å². The summed E-state index contributed by atoms with van der Waals surface area (Å²) in [5, 5.41) is 3.41. The van der Waals surface area contributed by atoms with Crippen molar-refractivity contribution >= 4 is 21.7 Å². The highest BCUT2D eigenvalue weighted by molar-refractivity contribution is 7.89. The van der Waals surface area contributed by atoms with E-state index in [9.17, 15) is 35.2 Å². The summed E-state index contributed by atoms with van der Waals surface area (Å²) < 4.78 is 98.2. The maximum Gasteiger partial charge on any atom is 0.305 e. The van der Waals surface area contributed by atoms with Crippen molar-refractivity contribution < 1.29 is 39.9 Å². The molecule has 0 heterocycles. The van der Waals surface area contributed by atoms with Crippen molar-refractivity contribution in [1.29, 1.82) is 0 Å². The largest absolute Gasteiger partial charge is 0.469 e. The molecule has 0 aliphatic rings. The number of carbonyl (C=O) groups excluding carboxylic acids is 1. The van der Waals surface area contributed by atoms with Crippen LogP contribution in [0, 0.1) is 36.0 Å². The number of rotatable bonds is 8. The first-order valence-corrected chi connectivity index (χ1v) is 10.2. The van der Waals surface area contributed by atoms with Gasteiger partial charge in [0.2, 0.25) is 5.82 Å². The molecule has 0 aliphatic heterocycles. The minimum Gasteiger partial charge on any atom is -0.469 e. The van der Waals surface area contributed by atoms with E-state index in [0.29, 0.717) is 0 Å². The summed E-state index contributed by atoms with van der Waals surface area (Å²) in [5.74, 6) is -11.8. The molecule has 0 spiro atoms. The van der Waals surface area contributed by atoms with Gasteiger partial charge in [0.1, 0.15) is 0 Å². The van der Waals surface area contributed by atoms with Crippen molar-refractivity contribution in [2.75, 3.05) is 7.11 Å². The smallest absolute Gasteiger partial charge is 0.305 e. The topological polar surface area (TPSA) is 84.8 Å². The molecule has 2 rings (SSSR count). The highest BCUT2D eigenvalue weighted by Gasteiger charge is 2.29. The summed E-state index contributed by atoms with van der Waals surface area (Å²) in [6.07, 6.45) is -0.934. The fourth-order valence-corrected chi connectivity index (χ4v) is 3.31. The van der Waals surface area contributed by atoms with Crippen LogP contribution in [0.15, 0.2) is 34.3 Å². The molecule has 0 bridgehead atoms. The van der Waals surface area contributed by atoms with Crippen LogP contribution in [0.2, 0.25) is 0 Å². The van der Waals surface area contributed by atoms with Gasteiger partial charge in [-0.1, -0.05) is 17.7 Å². The van der Waals surface area contributed by atoms with Gasteiger partial charge in [0.15, 0.2) is 23.3 Å². The van der Waals surface area contributed by atoms with Crippen LogP contribution in [0.25, 0.3) is 0 Å². The molecule has 0 saturated carbocycles. The van der Waals surface area contributed by atoms with Crippen LogP contribution in [-0.4, -0.2) is 27.2 Å². The average molecular weight is 464 g/mol. The molecule has 0 aromatic heterocycles. The second kappa shape index (κ2) is 9.86. The minimum atomic E-state index is -4.32. The Labute approximate surface area is 174 Å². The molecule has 0 fully saturated rings. The van der Waals surface area contributed by atoms with E-state index in [0.717, 1.165) is 12.7 Å². The van der Waals surface area contributed by atoms with Gasteiger partial charge in [0, 0.05) is 6.42 Å². The fraction of sp³-hybridized carbons (Fsp3) is 0.263. The number of hydrogen-bond acceptors (Lipinski definition) is 5. The van der Waals surface area contributed by atoms with Crippen LogP contribution < -0.4 is 4.83 Å². The summed E-state index contributed by atoms with van der Waals surface area (Å²) in [6.45, 7) is 1.71. The van der Waals surface area contributed by atoms with Crippen LogP contribution in [0.3, 0.4) is 0 Å². The zero-order chi connectivity index (χ0) is 23.3. The number of halogens is 5. The van der Waals surface area contributed by atoms with Crippen molar-refractivity contribution in [3.8, 4) is 0 Å². The van der Waals surface area contributed by atoms with E-state index in [-0.39, 0.29) is 17.7 Å². The summed E-state index contributed by atoms with van der Waals surface area (Å²) in [4.78, 5) is 12.7. The second-order valence-corrected chi connectivity index (χ2v) is 8.00. The average Bonchev–Trinajstić information content (AvgIpc) is 2.74. The SMILES string of the molecule is COC(=O)CCC/C(=N/NS(=O)(=O)c1ccc(C)cc1)c1c(F)c(F)c(F)c(F)c1F. The predicted molar refractivity (Wildman–Crippen MR) is 100 cm³/mol. The van der Waals surface area contributed by atoms with Gasteiger partial charge in [0.25, 0.3) is 10.0 Å². The van der Waals surface area contributed by atoms with E-state index < -0.39 is 62.8 Å². The summed E-state index contributed by atoms with van der Waals surface area (Å²) in [6, 6.07) is 5.45. The number of nitrogens with one attached hydrogen (secondary N) is 1. The lowest BCUT2D eigenvalue weighted by molar-refractivity contribution is -0.140. The molecule has 0 saturated heterocycles. The molecular weight excluding hydrogens is 447 g/mol. The molecule has 1 N–H and O–H groups in total. The Bertz CT molecular complexity index is 1090. The first-order chi connectivity index (χ1) is 14.5. The Morgan fingerprint density at radius 2 is 1.45 bits per heavy atom. The van der Waals surface area contributed by atoms with E-state index in [1.807, 2.05) is 0 Å². The third kappa shape index (κ3) is 5.57. The third-order valence-electron chi connectivity index (χ3n) is 4.15. The molecular formula is C19H17F5N2O4S. The number of methoxy groups -OCH3 is 1. The van der Waals surface area contributed by atoms with Gasteiger partial charge >= 0.3 is 5.97 Å². The normalized spacial score (nSPS) is 12.0. The van der Waals surface area contributed by atoms with Crippen LogP contribution in [0.5, 0.6) is 0 Å². The van der Waals surface area contributed by atoms with Crippen molar-refractivity contribution in [2.24, 2.45) is 5.10 Å². The van der Waals surface area contributed by atoms with Crippen LogP contribution in [0.1, 0.15) is 30.4 Å². The van der Waals surface area contributed by atoms with Crippen molar-refractivity contribution in [3.63, 3.8) is 0 Å². The Morgan fingerprint density at radius 1 is 0.935 bits per heavy atom. The fourth-order valence-electron chi connectivity index (χ4n) is 2.48. The molecule has 0 radical (unpaired) electrons. The zero-order valence-electron chi connectivity index (χ0n) is 16.3. The summed E-state index contributed by atoms with van der Waals surface area (Å²) in [7, 11) is -3.22. The lowest BCUT2D eigenvalue weighted by Crippen LogP contribution is -2.22. The third-order valence-corrected chi connectivity index (χ3v) is 5.38. The first kappa shape index (κ1) is 24.3. The molecule has 12 heteroatoms. The van der Waals surface area contributed by atoms with Crippen molar-refractivity contribution in [2.45, 2.75) is 31.1 Å². The predicted octanol–water partition coefficient (Wildman–Crippen LogP) is 3.72. The van der Waals surface area contributed by atoms with Crippen molar-refractivity contribution in [1.82, 2.24) is 4.83 Å². The number of benzene rings is 2. The van der Waals surface area contributed by atoms with Crippen LogP contribution in [0.4, 0.5) is 22.0 Å². The van der Waals surface area contributed by atoms with Gasteiger partial charge in [-0.15, -0.1) is 0 Å². The number of aryl methyl sites for hydroxylation is 1. The maximum atomic E-state index is 14.2. The molecule has 2 aromatic rings. The maximum absolute atomic E-state index is 14.2. The van der Waals surface area contributed by atoms with Crippen molar-refractivity contribution in [3.05, 3.63) is 64.5 Å². The van der Waals surface area contributed by atoms with Gasteiger partial charge in [-0.3, -0.25) is 4.79 Å². The van der Waals surface area contributed by atoms with E-state index >= 15 is 0 Å². The quantitative estimate of drug-likeness (QED) is 0.161. The molecule has 2 aromatic carbocycles. The van der Waals surface area contributed by atoms with Gasteiger partial charge in [-0.25, -0.2) is 22.0 Å². The van der Waals surface area contributed by atoms with E-state index in [2.05, 4.69) is 9.84 Å². The second-order valence-electron chi connectivity index (χ2n) is 6.34. The first-order valence-electron chi connectivity index (χ1n) is 8.73. The van der Waals surface area contributed by atoms with E-state index in [1.165, 1.54) is 24.3 Å². The molecule has 0 atom stereocenters. The Balaban J connectivity index is 2.49. The minimum absolute atomic E-state index is 0.169. The van der Waals surface area contributed by atoms with Gasteiger partial charge in [-0.05, 0) is 31.9 Å².